The lowest BCUT2D eigenvalue weighted by atomic mass is 10.1. The van der Waals surface area contributed by atoms with Gasteiger partial charge in [-0.2, -0.15) is 40.1 Å². The van der Waals surface area contributed by atoms with Gasteiger partial charge in [0, 0.05) is 19.4 Å². The average molecular weight is 1240 g/mol. The zero-order valence-corrected chi connectivity index (χ0v) is 46.3. The summed E-state index contributed by atoms with van der Waals surface area (Å²) in [6, 6.07) is 0. The first kappa shape index (κ1) is 64.5. The van der Waals surface area contributed by atoms with Gasteiger partial charge in [-0.3, -0.25) is 28.7 Å². The number of ether oxygens (including phenoxy) is 5. The van der Waals surface area contributed by atoms with E-state index in [9.17, 15) is 64.8 Å². The summed E-state index contributed by atoms with van der Waals surface area (Å²) in [5.74, 6) is 2.79. The van der Waals surface area contributed by atoms with E-state index in [0.717, 1.165) is 0 Å². The number of hydrogen-bond acceptors (Lipinski definition) is 35. The Kier molecular flexibility index (Phi) is 20.4. The maximum atomic E-state index is 11.8. The summed E-state index contributed by atoms with van der Waals surface area (Å²) in [5.41, 5.74) is 22.1. The molecule has 8 aromatic rings. The number of fused-ring (bicyclic) bond motifs is 3. The van der Waals surface area contributed by atoms with E-state index in [2.05, 4.69) is 70.5 Å². The minimum atomic E-state index is -1.32. The second kappa shape index (κ2) is 27.9. The van der Waals surface area contributed by atoms with E-state index in [-0.39, 0.29) is 101 Å². The van der Waals surface area contributed by atoms with Gasteiger partial charge >= 0.3 is 11.9 Å². The van der Waals surface area contributed by atoms with Crippen molar-refractivity contribution in [3.05, 3.63) is 54.9 Å². The van der Waals surface area contributed by atoms with Gasteiger partial charge in [0.15, 0.2) is 59.0 Å². The molecular weight excluding hydrogens is 1180 g/mol. The van der Waals surface area contributed by atoms with Gasteiger partial charge < -0.3 is 102 Å². The van der Waals surface area contributed by atoms with Crippen molar-refractivity contribution in [1.29, 1.82) is 0 Å². The number of hydrazine groups is 1. The Morgan fingerprint density at radius 1 is 0.591 bits per heavy atom. The Bertz CT molecular complexity index is 3760. The van der Waals surface area contributed by atoms with Gasteiger partial charge in [-0.05, 0) is 13.8 Å². The molecule has 3 fully saturated rings. The standard InChI is InChI=1S/C16H19N7O6.C15H18N8O5.C10H15N7O4.C6H8O4/c1-2-28-15(27)7-3-19-23(4-7)16-20-12(17)9-13(21-16)22(6-18-9)14-11(26)10(25)8(5-24)29-14;1-17-13(27)6-2-19-23(3-6)15-20-11(16)8-12(21-15)22(5-18-8)14-10(26)9(25)7(4-24)28-14;11-7-4-8(15-10(14-7)16-12)17(2-13-4)9-6(20)5(19)3(1-18)21-9;1-2-10-6(9)5(3-7)4-8/h3-4,6,8,10-11,14,24-26H,2,5H2,1H3,(H2,17,20,21);2-3,5,7,9-10,14,24-26H,4H2,1H3,(H,17,27)(H2,16,20,21);2-3,5-6,9,18-20H,1,12H2,(H3,11,14,15,16);3-5H,2H2,1H3/t8?,10-,11-,14?;7?,9-,10-,14?;3?,5-,6-,9?;/m111./s1. The van der Waals surface area contributed by atoms with Crippen LogP contribution in [0, 0.1) is 5.92 Å². The maximum absolute atomic E-state index is 11.8. The number of aliphatic hydroxyl groups is 9. The van der Waals surface area contributed by atoms with Gasteiger partial charge in [0.05, 0.1) is 75.5 Å². The van der Waals surface area contributed by atoms with Gasteiger partial charge in [0.25, 0.3) is 17.8 Å². The lowest BCUT2D eigenvalue weighted by Crippen LogP contribution is -2.33. The fourth-order valence-corrected chi connectivity index (χ4v) is 8.78. The molecule has 0 saturated carbocycles. The fraction of sp³-hybridized carbons (Fsp3) is 0.447. The molecule has 41 nitrogen and oxygen atoms in total. The number of aliphatic hydroxyl groups excluding tert-OH is 9. The number of imidazole rings is 3. The number of carbonyl (C=O) groups excluding carboxylic acids is 5. The van der Waals surface area contributed by atoms with E-state index in [1.165, 1.54) is 73.9 Å². The van der Waals surface area contributed by atoms with Crippen LogP contribution in [0.25, 0.3) is 45.4 Å². The number of anilines is 4. The number of esters is 2. The SMILES string of the molecule is CCOC(=O)C(C=O)C=O.CCOC(=O)c1cnn(-c2nc(N)c3ncn(C4OC(CO)[C@@H](O)[C@H]4O)c3n2)c1.CNC(=O)c1cnn(-c2nc(N)c3ncn(C4OC(CO)[C@@H](O)[C@H]4O)c3n2)c1.NNc1nc(N)c2ncn(C3OC(CO)[C@@H](O)[C@H]3O)c2n1. The molecule has 41 heteroatoms. The van der Waals surface area contributed by atoms with Gasteiger partial charge in [0.1, 0.15) is 84.1 Å². The highest BCUT2D eigenvalue weighted by Crippen LogP contribution is 2.35. The molecular formula is C47H60N22O19. The zero-order chi connectivity index (χ0) is 63.8. The summed E-state index contributed by atoms with van der Waals surface area (Å²) in [6.07, 6.45) is -3.41. The van der Waals surface area contributed by atoms with Gasteiger partial charge in [0.2, 0.25) is 5.95 Å². The van der Waals surface area contributed by atoms with Crippen LogP contribution in [0.3, 0.4) is 0 Å². The Morgan fingerprint density at radius 3 is 1.34 bits per heavy atom. The third-order valence-corrected chi connectivity index (χ3v) is 13.3. The summed E-state index contributed by atoms with van der Waals surface area (Å²) in [5, 5.41) is 98.6. The van der Waals surface area contributed by atoms with E-state index >= 15 is 0 Å². The van der Waals surface area contributed by atoms with Crippen molar-refractivity contribution in [2.45, 2.75) is 87.5 Å². The summed E-state index contributed by atoms with van der Waals surface area (Å²) >= 11 is 0. The minimum Gasteiger partial charge on any atom is -0.465 e. The van der Waals surface area contributed by atoms with Crippen LogP contribution >= 0.6 is 0 Å². The maximum Gasteiger partial charge on any atom is 0.341 e. The fourth-order valence-electron chi connectivity index (χ4n) is 8.78. The van der Waals surface area contributed by atoms with E-state index < -0.39 is 111 Å². The van der Waals surface area contributed by atoms with Crippen LogP contribution in [0.4, 0.5) is 23.4 Å². The molecule has 472 valence electrons. The number of nitrogens with zero attached hydrogens (tertiary/aromatic N) is 16. The first-order valence-electron chi connectivity index (χ1n) is 26.1. The van der Waals surface area contributed by atoms with Gasteiger partial charge in [-0.1, -0.05) is 0 Å². The molecule has 11 rings (SSSR count). The second-order valence-electron chi connectivity index (χ2n) is 18.7. The number of carbonyl (C=O) groups is 5. The van der Waals surface area contributed by atoms with Crippen LogP contribution in [0.5, 0.6) is 0 Å². The van der Waals surface area contributed by atoms with Crippen LogP contribution in [0.1, 0.15) is 53.2 Å². The van der Waals surface area contributed by atoms with E-state index in [1.54, 1.807) is 13.8 Å². The van der Waals surface area contributed by atoms with Crippen molar-refractivity contribution < 1.29 is 93.6 Å². The van der Waals surface area contributed by atoms with Crippen molar-refractivity contribution in [3.63, 3.8) is 0 Å². The summed E-state index contributed by atoms with van der Waals surface area (Å²) < 4.78 is 32.5. The highest BCUT2D eigenvalue weighted by molar-refractivity contribution is 6.02. The number of hydrogen-bond donors (Lipinski definition) is 15. The predicted octanol–water partition coefficient (Wildman–Crippen LogP) is -7.18. The summed E-state index contributed by atoms with van der Waals surface area (Å²) in [4.78, 5) is 91.3. The van der Waals surface area contributed by atoms with Crippen molar-refractivity contribution >= 4 is 87.3 Å². The molecule has 0 aliphatic carbocycles. The molecule has 3 saturated heterocycles. The molecule has 12 atom stereocenters. The van der Waals surface area contributed by atoms with Crippen molar-refractivity contribution in [2.24, 2.45) is 11.8 Å². The molecule has 0 radical (unpaired) electrons. The first-order valence-corrected chi connectivity index (χ1v) is 26.1. The Balaban J connectivity index is 0.000000160. The Hall–Kier alpha value is -9.50. The molecule has 0 bridgehead atoms. The zero-order valence-electron chi connectivity index (χ0n) is 46.3. The van der Waals surface area contributed by atoms with Crippen molar-refractivity contribution in [2.75, 3.05) is 62.7 Å². The lowest BCUT2D eigenvalue weighted by molar-refractivity contribution is -0.150. The molecule has 88 heavy (non-hydrogen) atoms. The third-order valence-electron chi connectivity index (χ3n) is 13.3. The highest BCUT2D eigenvalue weighted by atomic mass is 16.6. The molecule has 8 aromatic heterocycles. The van der Waals surface area contributed by atoms with Crippen LogP contribution < -0.4 is 33.8 Å². The van der Waals surface area contributed by atoms with E-state index in [0.29, 0.717) is 11.1 Å². The van der Waals surface area contributed by atoms with Crippen molar-refractivity contribution in [1.82, 2.24) is 83.4 Å². The molecule has 1 amide bonds. The van der Waals surface area contributed by atoms with E-state index in [4.69, 9.17) is 47.1 Å². The van der Waals surface area contributed by atoms with Crippen LogP contribution in [-0.4, -0.2) is 250 Å². The number of nitrogen functional groups attached to an aromatic ring is 4. The number of nitrogens with one attached hydrogen (secondary N) is 2. The van der Waals surface area contributed by atoms with Crippen LogP contribution in [0.2, 0.25) is 0 Å². The van der Waals surface area contributed by atoms with Crippen LogP contribution in [-0.2, 0) is 38.1 Å². The third kappa shape index (κ3) is 13.0. The molecule has 19 N–H and O–H groups in total. The number of nitrogens with two attached hydrogens (primary N) is 4. The number of aldehydes is 2. The number of rotatable bonds is 16. The molecule has 11 heterocycles. The summed E-state index contributed by atoms with van der Waals surface area (Å²) in [7, 11) is 1.50. The second-order valence-corrected chi connectivity index (χ2v) is 18.7. The first-order chi connectivity index (χ1) is 42.2. The Labute approximate surface area is 492 Å². The monoisotopic (exact) mass is 1240 g/mol. The minimum absolute atomic E-state index is 0.0451. The predicted molar refractivity (Wildman–Crippen MR) is 292 cm³/mol. The molecule has 3 aliphatic heterocycles. The van der Waals surface area contributed by atoms with Gasteiger partial charge in [-0.25, -0.2) is 35.0 Å². The smallest absolute Gasteiger partial charge is 0.341 e. The molecule has 3 aliphatic rings. The number of aromatic nitrogens is 16. The summed E-state index contributed by atoms with van der Waals surface area (Å²) in [6.45, 7) is 2.35. The van der Waals surface area contributed by atoms with Gasteiger partial charge in [-0.15, -0.1) is 0 Å². The quantitative estimate of drug-likeness (QED) is 0.0140. The number of amides is 1. The molecule has 0 spiro atoms. The van der Waals surface area contributed by atoms with Crippen molar-refractivity contribution in [3.8, 4) is 11.9 Å². The van der Waals surface area contributed by atoms with E-state index in [1.807, 2.05) is 0 Å². The lowest BCUT2D eigenvalue weighted by Gasteiger charge is -2.16. The normalized spacial score (nSPS) is 23.8. The van der Waals surface area contributed by atoms with Crippen LogP contribution in [0.15, 0.2) is 43.8 Å². The Morgan fingerprint density at radius 2 is 0.977 bits per heavy atom. The average Bonchev–Trinajstić information content (AvgIpc) is 3.22. The molecule has 6 unspecified atom stereocenters. The topological polar surface area (TPSA) is 608 Å². The molecule has 0 aromatic carbocycles. The largest absolute Gasteiger partial charge is 0.465 e. The highest BCUT2D eigenvalue weighted by Gasteiger charge is 2.46.